The number of carbonyl (C=O) groups is 2. The number of amides is 1. The number of carbonyl (C=O) groups excluding carboxylic acids is 2. The Labute approximate surface area is 230 Å². The van der Waals surface area contributed by atoms with Crippen molar-refractivity contribution >= 4 is 39.4 Å². The lowest BCUT2D eigenvalue weighted by molar-refractivity contribution is 0.0205. The lowest BCUT2D eigenvalue weighted by Gasteiger charge is -2.34. The Hall–Kier alpha value is -3.84. The number of hydrogen-bond acceptors (Lipinski definition) is 7. The van der Waals surface area contributed by atoms with Gasteiger partial charge in [-0.2, -0.15) is 10.4 Å². The van der Waals surface area contributed by atoms with E-state index in [9.17, 15) is 9.59 Å². The number of halogens is 1. The normalized spacial score (nSPS) is 14.1. The van der Waals surface area contributed by atoms with Gasteiger partial charge in [0, 0.05) is 18.8 Å². The molecular formula is C28H30BrN5O4. The molecule has 0 spiro atoms. The van der Waals surface area contributed by atoms with Crippen LogP contribution in [0, 0.1) is 11.3 Å². The van der Waals surface area contributed by atoms with Gasteiger partial charge in [0.05, 0.1) is 24.4 Å². The lowest BCUT2D eigenvalue weighted by Crippen LogP contribution is -2.41. The quantitative estimate of drug-likeness (QED) is 0.361. The van der Waals surface area contributed by atoms with Crippen molar-refractivity contribution in [3.8, 4) is 11.8 Å². The van der Waals surface area contributed by atoms with Gasteiger partial charge < -0.3 is 19.7 Å². The molecule has 198 valence electrons. The predicted octanol–water partition coefficient (Wildman–Crippen LogP) is 6.15. The number of nitrogens with one attached hydrogen (secondary N) is 1. The van der Waals surface area contributed by atoms with Crippen LogP contribution < -0.4 is 5.32 Å². The van der Waals surface area contributed by atoms with E-state index in [1.54, 1.807) is 29.2 Å². The molecule has 0 unspecified atom stereocenters. The zero-order valence-electron chi connectivity index (χ0n) is 21.8. The Morgan fingerprint density at radius 3 is 2.37 bits per heavy atom. The SMILES string of the molecule is COC(=O)c1c(Nc2ccccc2C2CCN(C(=O)OC(C)(C)C)CC2)c(Br)nn1-c1ccc(C#N)cc1. The summed E-state index contributed by atoms with van der Waals surface area (Å²) in [6.45, 7) is 6.79. The van der Waals surface area contributed by atoms with Crippen LogP contribution in [0.3, 0.4) is 0 Å². The van der Waals surface area contributed by atoms with Gasteiger partial charge in [-0.25, -0.2) is 14.3 Å². The molecular weight excluding hydrogens is 550 g/mol. The predicted molar refractivity (Wildman–Crippen MR) is 147 cm³/mol. The third-order valence-electron chi connectivity index (χ3n) is 6.27. The third kappa shape index (κ3) is 6.00. The molecule has 4 rings (SSSR count). The highest BCUT2D eigenvalue weighted by molar-refractivity contribution is 9.10. The fraction of sp³-hybridized carbons (Fsp3) is 0.357. The summed E-state index contributed by atoms with van der Waals surface area (Å²) in [6.07, 6.45) is 1.28. The average Bonchev–Trinajstić information content (AvgIpc) is 3.23. The summed E-state index contributed by atoms with van der Waals surface area (Å²) in [7, 11) is 1.32. The highest BCUT2D eigenvalue weighted by Crippen LogP contribution is 2.38. The Bertz CT molecular complexity index is 1360. The molecule has 0 aliphatic carbocycles. The van der Waals surface area contributed by atoms with Crippen LogP contribution in [0.2, 0.25) is 0 Å². The van der Waals surface area contributed by atoms with E-state index in [-0.39, 0.29) is 17.7 Å². The van der Waals surface area contributed by atoms with Gasteiger partial charge in [-0.05, 0) is 91.4 Å². The van der Waals surface area contributed by atoms with Crippen LogP contribution in [-0.2, 0) is 9.47 Å². The molecule has 1 fully saturated rings. The minimum absolute atomic E-state index is 0.214. The number of likely N-dealkylation sites (tertiary alicyclic amines) is 1. The van der Waals surface area contributed by atoms with E-state index in [4.69, 9.17) is 14.7 Å². The minimum atomic E-state index is -0.557. The first-order valence-electron chi connectivity index (χ1n) is 12.3. The van der Waals surface area contributed by atoms with Crippen molar-refractivity contribution < 1.29 is 19.1 Å². The molecule has 1 aliphatic heterocycles. The summed E-state index contributed by atoms with van der Waals surface area (Å²) in [6, 6.07) is 16.8. The summed E-state index contributed by atoms with van der Waals surface area (Å²) in [5, 5.41) is 17.1. The van der Waals surface area contributed by atoms with E-state index < -0.39 is 11.6 Å². The van der Waals surface area contributed by atoms with Crippen LogP contribution in [0.4, 0.5) is 16.2 Å². The molecule has 0 atom stereocenters. The van der Waals surface area contributed by atoms with Crippen molar-refractivity contribution in [3.05, 3.63) is 70.0 Å². The Morgan fingerprint density at radius 1 is 1.11 bits per heavy atom. The van der Waals surface area contributed by atoms with Gasteiger partial charge in [0.1, 0.15) is 11.3 Å². The fourth-order valence-corrected chi connectivity index (χ4v) is 4.90. The second-order valence-corrected chi connectivity index (χ2v) is 10.8. The van der Waals surface area contributed by atoms with E-state index >= 15 is 0 Å². The molecule has 38 heavy (non-hydrogen) atoms. The number of ether oxygens (including phenoxy) is 2. The number of esters is 1. The Balaban J connectivity index is 1.61. The molecule has 3 aromatic rings. The molecule has 9 nitrogen and oxygen atoms in total. The molecule has 0 radical (unpaired) electrons. The van der Waals surface area contributed by atoms with Gasteiger partial charge in [0.2, 0.25) is 0 Å². The van der Waals surface area contributed by atoms with Crippen molar-refractivity contribution in [1.82, 2.24) is 14.7 Å². The van der Waals surface area contributed by atoms with E-state index in [2.05, 4.69) is 38.5 Å². The first-order valence-corrected chi connectivity index (χ1v) is 13.1. The van der Waals surface area contributed by atoms with E-state index in [1.807, 2.05) is 39.0 Å². The van der Waals surface area contributed by atoms with Crippen molar-refractivity contribution in [3.63, 3.8) is 0 Å². The van der Waals surface area contributed by atoms with Gasteiger partial charge in [0.15, 0.2) is 10.3 Å². The molecule has 2 heterocycles. The van der Waals surface area contributed by atoms with Crippen LogP contribution in [-0.4, -0.2) is 52.5 Å². The zero-order chi connectivity index (χ0) is 27.4. The summed E-state index contributed by atoms with van der Waals surface area (Å²) in [5.74, 6) is -0.343. The van der Waals surface area contributed by atoms with E-state index in [1.165, 1.54) is 11.8 Å². The number of para-hydroxylation sites is 1. The molecule has 1 aliphatic rings. The maximum Gasteiger partial charge on any atom is 0.410 e. The highest BCUT2D eigenvalue weighted by atomic mass is 79.9. The van der Waals surface area contributed by atoms with Gasteiger partial charge in [-0.15, -0.1) is 0 Å². The van der Waals surface area contributed by atoms with Crippen LogP contribution in [0.25, 0.3) is 5.69 Å². The second-order valence-electron chi connectivity index (χ2n) is 10.0. The molecule has 1 N–H and O–H groups in total. The first kappa shape index (κ1) is 27.2. The number of aromatic nitrogens is 2. The maximum absolute atomic E-state index is 12.9. The summed E-state index contributed by atoms with van der Waals surface area (Å²) >= 11 is 3.50. The number of rotatable bonds is 5. The number of benzene rings is 2. The monoisotopic (exact) mass is 579 g/mol. The largest absolute Gasteiger partial charge is 0.464 e. The molecule has 0 bridgehead atoms. The minimum Gasteiger partial charge on any atom is -0.464 e. The topological polar surface area (TPSA) is 109 Å². The summed E-state index contributed by atoms with van der Waals surface area (Å²) in [4.78, 5) is 27.2. The Kier molecular flexibility index (Phi) is 8.07. The fourth-order valence-electron chi connectivity index (χ4n) is 4.45. The Morgan fingerprint density at radius 2 is 1.76 bits per heavy atom. The summed E-state index contributed by atoms with van der Waals surface area (Å²) in [5.41, 5.74) is 3.21. The lowest BCUT2D eigenvalue weighted by atomic mass is 9.88. The highest BCUT2D eigenvalue weighted by Gasteiger charge is 2.30. The second kappa shape index (κ2) is 11.3. The molecule has 1 amide bonds. The van der Waals surface area contributed by atoms with Crippen LogP contribution in [0.1, 0.15) is 61.1 Å². The number of nitriles is 1. The van der Waals surface area contributed by atoms with Gasteiger partial charge >= 0.3 is 12.1 Å². The number of nitrogens with zero attached hydrogens (tertiary/aromatic N) is 4. The molecule has 2 aromatic carbocycles. The molecule has 10 heteroatoms. The standard InChI is InChI=1S/C28H30BrN5O4/c1-28(2,3)38-27(36)33-15-13-19(14-16-33)21-7-5-6-8-22(21)31-23-24(26(35)37-4)34(32-25(23)29)20-11-9-18(17-30)10-12-20/h5-12,19,31H,13-16H2,1-4H3. The van der Waals surface area contributed by atoms with Crippen LogP contribution in [0.15, 0.2) is 53.1 Å². The van der Waals surface area contributed by atoms with Crippen molar-refractivity contribution in [2.75, 3.05) is 25.5 Å². The zero-order valence-corrected chi connectivity index (χ0v) is 23.4. The molecule has 1 saturated heterocycles. The maximum atomic E-state index is 12.9. The van der Waals surface area contributed by atoms with Gasteiger partial charge in [0.25, 0.3) is 0 Å². The van der Waals surface area contributed by atoms with Crippen LogP contribution in [0.5, 0.6) is 0 Å². The van der Waals surface area contributed by atoms with Crippen molar-refractivity contribution in [1.29, 1.82) is 5.26 Å². The van der Waals surface area contributed by atoms with Gasteiger partial charge in [-0.3, -0.25) is 0 Å². The van der Waals surface area contributed by atoms with Gasteiger partial charge in [-0.1, -0.05) is 18.2 Å². The van der Waals surface area contributed by atoms with Crippen molar-refractivity contribution in [2.45, 2.75) is 45.1 Å². The molecule has 1 aromatic heterocycles. The molecule has 0 saturated carbocycles. The smallest absolute Gasteiger partial charge is 0.410 e. The summed E-state index contributed by atoms with van der Waals surface area (Å²) < 4.78 is 12.5. The number of hydrogen-bond donors (Lipinski definition) is 1. The number of methoxy groups -OCH3 is 1. The number of anilines is 2. The first-order chi connectivity index (χ1) is 18.1. The number of piperidine rings is 1. The van der Waals surface area contributed by atoms with Crippen molar-refractivity contribution in [2.24, 2.45) is 0 Å². The van der Waals surface area contributed by atoms with E-state index in [0.717, 1.165) is 24.1 Å². The average molecular weight is 580 g/mol. The van der Waals surface area contributed by atoms with E-state index in [0.29, 0.717) is 34.6 Å². The van der Waals surface area contributed by atoms with Crippen LogP contribution >= 0.6 is 15.9 Å². The third-order valence-corrected chi connectivity index (χ3v) is 6.82.